The van der Waals surface area contributed by atoms with Crippen molar-refractivity contribution in [3.05, 3.63) is 35.9 Å². The first-order chi connectivity index (χ1) is 18.3. The van der Waals surface area contributed by atoms with Crippen molar-refractivity contribution in [1.29, 1.82) is 5.41 Å². The average Bonchev–Trinajstić information content (AvgIpc) is 3.75. The highest BCUT2D eigenvalue weighted by atomic mass is 16.5. The van der Waals surface area contributed by atoms with E-state index < -0.39 is 29.9 Å². The maximum absolute atomic E-state index is 13.4. The van der Waals surface area contributed by atoms with Crippen LogP contribution >= 0.6 is 0 Å². The van der Waals surface area contributed by atoms with Gasteiger partial charge >= 0.3 is 12.1 Å². The molecule has 2 fully saturated rings. The summed E-state index contributed by atoms with van der Waals surface area (Å²) in [6.45, 7) is 2.89. The van der Waals surface area contributed by atoms with E-state index >= 15 is 0 Å². The number of carbonyl (C=O) groups is 4. The van der Waals surface area contributed by atoms with E-state index in [0.29, 0.717) is 32.5 Å². The van der Waals surface area contributed by atoms with Crippen molar-refractivity contribution < 1.29 is 33.4 Å². The van der Waals surface area contributed by atoms with Gasteiger partial charge in [-0.05, 0) is 25.3 Å². The molecule has 1 aromatic rings. The molecule has 1 saturated heterocycles. The average molecular weight is 533 g/mol. The largest absolute Gasteiger partial charge is 0.465 e. The van der Waals surface area contributed by atoms with E-state index in [9.17, 15) is 19.2 Å². The Bertz CT molecular complexity index is 988. The smallest absolute Gasteiger partial charge is 0.408 e. The molecule has 0 aromatic heterocycles. The molecule has 2 aliphatic rings. The van der Waals surface area contributed by atoms with Crippen molar-refractivity contribution in [1.82, 2.24) is 20.4 Å². The standard InChI is InChI=1S/C25H36N6O7/c1-2-36-22(33)15-31(18-8-9-18)23(34)20(29-25(35)38-16-17-6-4-3-5-7-17)12-21(32)28-13-19-14-30(24(26)27)10-11-37-19/h3-7,18-20H,2,8-16H2,1H3,(H3,26,27)(H,28,32)(H,29,35)/t19?,20-/m0/s1. The molecule has 1 heterocycles. The molecule has 2 atom stereocenters. The Kier molecular flexibility index (Phi) is 10.7. The summed E-state index contributed by atoms with van der Waals surface area (Å²) in [5.74, 6) is -1.70. The van der Waals surface area contributed by atoms with Crippen LogP contribution in [0.3, 0.4) is 0 Å². The minimum absolute atomic E-state index is 0.0133. The maximum Gasteiger partial charge on any atom is 0.408 e. The van der Waals surface area contributed by atoms with E-state index in [2.05, 4.69) is 10.6 Å². The third-order valence-corrected chi connectivity index (χ3v) is 6.07. The van der Waals surface area contributed by atoms with Crippen LogP contribution in [-0.4, -0.2) is 97.2 Å². The Balaban J connectivity index is 1.62. The first-order valence-electron chi connectivity index (χ1n) is 12.7. The number of ether oxygens (including phenoxy) is 3. The predicted molar refractivity (Wildman–Crippen MR) is 136 cm³/mol. The summed E-state index contributed by atoms with van der Waals surface area (Å²) in [6.07, 6.45) is -0.183. The van der Waals surface area contributed by atoms with E-state index in [4.69, 9.17) is 25.4 Å². The van der Waals surface area contributed by atoms with E-state index in [1.807, 2.05) is 18.2 Å². The summed E-state index contributed by atoms with van der Waals surface area (Å²) in [6, 6.07) is 7.62. The van der Waals surface area contributed by atoms with Gasteiger partial charge in [0.05, 0.1) is 25.7 Å². The molecule has 1 unspecified atom stereocenters. The molecule has 208 valence electrons. The summed E-state index contributed by atoms with van der Waals surface area (Å²) in [4.78, 5) is 53.9. The zero-order valence-electron chi connectivity index (χ0n) is 21.5. The van der Waals surface area contributed by atoms with Crippen LogP contribution in [-0.2, 0) is 35.2 Å². The Morgan fingerprint density at radius 2 is 1.95 bits per heavy atom. The monoisotopic (exact) mass is 532 g/mol. The van der Waals surface area contributed by atoms with Gasteiger partial charge in [-0.2, -0.15) is 0 Å². The number of amides is 3. The molecular weight excluding hydrogens is 496 g/mol. The first kappa shape index (κ1) is 28.7. The van der Waals surface area contributed by atoms with Crippen LogP contribution in [0.15, 0.2) is 30.3 Å². The van der Waals surface area contributed by atoms with Crippen molar-refractivity contribution in [3.8, 4) is 0 Å². The van der Waals surface area contributed by atoms with Crippen molar-refractivity contribution in [2.24, 2.45) is 5.73 Å². The molecule has 1 saturated carbocycles. The lowest BCUT2D eigenvalue weighted by Crippen LogP contribution is -2.54. The Labute approximate surface area is 221 Å². The zero-order chi connectivity index (χ0) is 27.5. The van der Waals surface area contributed by atoms with Gasteiger partial charge in [0.15, 0.2) is 5.96 Å². The Hall–Kier alpha value is -3.87. The van der Waals surface area contributed by atoms with Gasteiger partial charge < -0.3 is 40.4 Å². The maximum atomic E-state index is 13.4. The molecule has 5 N–H and O–H groups in total. The first-order valence-corrected chi connectivity index (χ1v) is 12.7. The van der Waals surface area contributed by atoms with Crippen LogP contribution in [0.5, 0.6) is 0 Å². The van der Waals surface area contributed by atoms with E-state index in [1.165, 1.54) is 4.90 Å². The van der Waals surface area contributed by atoms with Gasteiger partial charge in [0.25, 0.3) is 0 Å². The number of hydrogen-bond donors (Lipinski definition) is 4. The minimum atomic E-state index is -1.26. The SMILES string of the molecule is CCOC(=O)CN(C(=O)[C@H](CC(=O)NCC1CN(C(=N)N)CCO1)NC(=O)OCc1ccccc1)C1CC1. The molecule has 3 amide bonds. The van der Waals surface area contributed by atoms with Crippen molar-refractivity contribution in [2.45, 2.75) is 51.0 Å². The number of carbonyl (C=O) groups excluding carboxylic acids is 4. The van der Waals surface area contributed by atoms with Crippen LogP contribution in [0.4, 0.5) is 4.79 Å². The topological polar surface area (TPSA) is 176 Å². The highest BCUT2D eigenvalue weighted by molar-refractivity contribution is 5.92. The Morgan fingerprint density at radius 3 is 2.61 bits per heavy atom. The molecule has 1 aromatic carbocycles. The van der Waals surface area contributed by atoms with Crippen molar-refractivity contribution >= 4 is 29.8 Å². The lowest BCUT2D eigenvalue weighted by Gasteiger charge is -2.33. The summed E-state index contributed by atoms with van der Waals surface area (Å²) in [5, 5.41) is 12.8. The summed E-state index contributed by atoms with van der Waals surface area (Å²) >= 11 is 0. The summed E-state index contributed by atoms with van der Waals surface area (Å²) < 4.78 is 15.9. The second-order valence-corrected chi connectivity index (χ2v) is 9.09. The van der Waals surface area contributed by atoms with Crippen LogP contribution < -0.4 is 16.4 Å². The lowest BCUT2D eigenvalue weighted by molar-refractivity contribution is -0.150. The minimum Gasteiger partial charge on any atom is -0.465 e. The number of rotatable bonds is 12. The normalized spacial score (nSPS) is 17.6. The van der Waals surface area contributed by atoms with Crippen LogP contribution in [0.25, 0.3) is 0 Å². The molecule has 0 radical (unpaired) electrons. The number of morpholine rings is 1. The second kappa shape index (κ2) is 14.2. The Morgan fingerprint density at radius 1 is 1.21 bits per heavy atom. The fourth-order valence-electron chi connectivity index (χ4n) is 3.97. The van der Waals surface area contributed by atoms with Crippen LogP contribution in [0.1, 0.15) is 31.7 Å². The molecule has 1 aliphatic heterocycles. The number of benzene rings is 1. The van der Waals surface area contributed by atoms with Crippen molar-refractivity contribution in [3.63, 3.8) is 0 Å². The summed E-state index contributed by atoms with van der Waals surface area (Å²) in [5.41, 5.74) is 6.30. The van der Waals surface area contributed by atoms with Crippen LogP contribution in [0.2, 0.25) is 0 Å². The fourth-order valence-corrected chi connectivity index (χ4v) is 3.97. The number of guanidine groups is 1. The van der Waals surface area contributed by atoms with Gasteiger partial charge in [-0.15, -0.1) is 0 Å². The molecular formula is C25H36N6O7. The van der Waals surface area contributed by atoms with Gasteiger partial charge in [-0.25, -0.2) is 4.79 Å². The highest BCUT2D eigenvalue weighted by Crippen LogP contribution is 2.27. The third kappa shape index (κ3) is 9.21. The van der Waals surface area contributed by atoms with Gasteiger partial charge in [0.2, 0.25) is 11.8 Å². The lowest BCUT2D eigenvalue weighted by atomic mass is 10.1. The van der Waals surface area contributed by atoms with Gasteiger partial charge in [-0.3, -0.25) is 19.8 Å². The van der Waals surface area contributed by atoms with E-state index in [0.717, 1.165) is 5.56 Å². The number of nitrogens with two attached hydrogens (primary N) is 1. The number of alkyl carbamates (subject to hydrolysis) is 1. The zero-order valence-corrected chi connectivity index (χ0v) is 21.5. The molecule has 0 bridgehead atoms. The van der Waals surface area contributed by atoms with Gasteiger partial charge in [-0.1, -0.05) is 30.3 Å². The molecule has 38 heavy (non-hydrogen) atoms. The summed E-state index contributed by atoms with van der Waals surface area (Å²) in [7, 11) is 0. The molecule has 13 heteroatoms. The predicted octanol–water partition coefficient (Wildman–Crippen LogP) is -0.0639. The number of nitrogens with one attached hydrogen (secondary N) is 3. The van der Waals surface area contributed by atoms with Gasteiger partial charge in [0.1, 0.15) is 19.2 Å². The molecule has 1 aliphatic carbocycles. The second-order valence-electron chi connectivity index (χ2n) is 9.09. The third-order valence-electron chi connectivity index (χ3n) is 6.07. The molecule has 3 rings (SSSR count). The van der Waals surface area contributed by atoms with Crippen molar-refractivity contribution in [2.75, 3.05) is 39.4 Å². The number of hydrogen-bond acceptors (Lipinski definition) is 8. The molecule has 0 spiro atoms. The number of nitrogens with zero attached hydrogens (tertiary/aromatic N) is 2. The van der Waals surface area contributed by atoms with Gasteiger partial charge in [0, 0.05) is 25.7 Å². The fraction of sp³-hybridized carbons (Fsp3) is 0.560. The van der Waals surface area contributed by atoms with E-state index in [-0.39, 0.29) is 50.8 Å². The number of esters is 1. The highest BCUT2D eigenvalue weighted by Gasteiger charge is 2.39. The van der Waals surface area contributed by atoms with E-state index in [1.54, 1.807) is 24.0 Å². The molecule has 13 nitrogen and oxygen atoms in total. The quantitative estimate of drug-likeness (QED) is 0.163. The van der Waals surface area contributed by atoms with Crippen LogP contribution in [0, 0.1) is 5.41 Å².